The summed E-state index contributed by atoms with van der Waals surface area (Å²) in [5, 5.41) is 12.4. The lowest BCUT2D eigenvalue weighted by atomic mass is 9.99. The molecule has 1 N–H and O–H groups in total. The van der Waals surface area contributed by atoms with Gasteiger partial charge in [0.15, 0.2) is 5.16 Å². The van der Waals surface area contributed by atoms with Gasteiger partial charge in [0.1, 0.15) is 5.82 Å². The number of nitrogens with one attached hydrogen (secondary N) is 1. The van der Waals surface area contributed by atoms with Crippen LogP contribution in [0.15, 0.2) is 72.4 Å². The number of nitrogens with zero attached hydrogens (tertiary/aromatic N) is 3. The Hall–Kier alpha value is -2.86. The van der Waals surface area contributed by atoms with Gasteiger partial charge in [0.05, 0.1) is 5.75 Å². The van der Waals surface area contributed by atoms with Crippen molar-refractivity contribution in [1.82, 2.24) is 14.8 Å². The molecule has 2 aromatic carbocycles. The van der Waals surface area contributed by atoms with E-state index in [-0.39, 0.29) is 11.7 Å². The van der Waals surface area contributed by atoms with Gasteiger partial charge in [-0.25, -0.2) is 0 Å². The minimum atomic E-state index is -0.0553. The monoisotopic (exact) mass is 434 g/mol. The summed E-state index contributed by atoms with van der Waals surface area (Å²) in [6.07, 6.45) is 4.62. The number of anilines is 1. The molecule has 0 aliphatic rings. The Morgan fingerprint density at radius 1 is 1.13 bits per heavy atom. The predicted molar refractivity (Wildman–Crippen MR) is 129 cm³/mol. The van der Waals surface area contributed by atoms with Crippen molar-refractivity contribution in [3.8, 4) is 0 Å². The maximum atomic E-state index is 12.4. The number of amides is 1. The Morgan fingerprint density at radius 2 is 1.87 bits per heavy atom. The highest BCUT2D eigenvalue weighted by Gasteiger charge is 2.14. The molecule has 1 aromatic heterocycles. The molecule has 0 saturated heterocycles. The largest absolute Gasteiger partial charge is 0.325 e. The fraction of sp³-hybridized carbons (Fsp3) is 0.320. The fourth-order valence-electron chi connectivity index (χ4n) is 3.28. The van der Waals surface area contributed by atoms with Crippen LogP contribution < -0.4 is 5.32 Å². The number of hydrogen-bond donors (Lipinski definition) is 1. The summed E-state index contributed by atoms with van der Waals surface area (Å²) in [5.74, 6) is 1.65. The molecule has 31 heavy (non-hydrogen) atoms. The molecule has 0 unspecified atom stereocenters. The molecular weight excluding hydrogens is 404 g/mol. The van der Waals surface area contributed by atoms with Gasteiger partial charge >= 0.3 is 0 Å². The summed E-state index contributed by atoms with van der Waals surface area (Å²) in [5.41, 5.74) is 3.37. The van der Waals surface area contributed by atoms with Crippen molar-refractivity contribution in [2.24, 2.45) is 0 Å². The van der Waals surface area contributed by atoms with Gasteiger partial charge in [0.2, 0.25) is 5.91 Å². The van der Waals surface area contributed by atoms with Gasteiger partial charge in [-0.15, -0.1) is 16.8 Å². The number of rotatable bonds is 11. The molecule has 162 valence electrons. The number of benzene rings is 2. The number of aromatic nitrogens is 3. The standard InChI is InChI=1S/C25H30N4OS/c1-4-17-29-23(16-11-20-9-7-6-8-10-20)27-28-25(29)31-18-24(30)26-22-14-12-21(13-15-22)19(3)5-2/h4,6-10,12-15,19H,1,5,11,16-18H2,2-3H3,(H,26,30)/t19-/m0/s1. The second-order valence-corrected chi connectivity index (χ2v) is 8.49. The highest BCUT2D eigenvalue weighted by Crippen LogP contribution is 2.22. The van der Waals surface area contributed by atoms with Crippen LogP contribution in [-0.4, -0.2) is 26.4 Å². The first kappa shape index (κ1) is 22.8. The maximum absolute atomic E-state index is 12.4. The van der Waals surface area contributed by atoms with Crippen molar-refractivity contribution in [2.75, 3.05) is 11.1 Å². The Kier molecular flexibility index (Phi) is 8.47. The van der Waals surface area contributed by atoms with Crippen LogP contribution in [0.4, 0.5) is 5.69 Å². The lowest BCUT2D eigenvalue weighted by Crippen LogP contribution is -2.15. The molecule has 3 rings (SSSR count). The molecule has 5 nitrogen and oxygen atoms in total. The van der Waals surface area contributed by atoms with E-state index in [4.69, 9.17) is 0 Å². The Bertz CT molecular complexity index is 983. The number of aryl methyl sites for hydroxylation is 2. The summed E-state index contributed by atoms with van der Waals surface area (Å²) in [7, 11) is 0. The molecule has 0 aliphatic carbocycles. The first-order valence-corrected chi connectivity index (χ1v) is 11.7. The van der Waals surface area contributed by atoms with Gasteiger partial charge in [-0.05, 0) is 42.0 Å². The van der Waals surface area contributed by atoms with Crippen LogP contribution >= 0.6 is 11.8 Å². The van der Waals surface area contributed by atoms with Crippen LogP contribution in [0, 0.1) is 0 Å². The topological polar surface area (TPSA) is 59.8 Å². The molecule has 0 radical (unpaired) electrons. The van der Waals surface area contributed by atoms with Crippen LogP contribution in [0.2, 0.25) is 0 Å². The van der Waals surface area contributed by atoms with E-state index in [1.165, 1.54) is 22.9 Å². The van der Waals surface area contributed by atoms with E-state index in [1.807, 2.05) is 41.0 Å². The lowest BCUT2D eigenvalue weighted by Gasteiger charge is -2.11. The highest BCUT2D eigenvalue weighted by molar-refractivity contribution is 7.99. The summed E-state index contributed by atoms with van der Waals surface area (Å²) in [6.45, 7) is 8.85. The number of carbonyl (C=O) groups excluding carboxylic acids is 1. The number of carbonyl (C=O) groups is 1. The van der Waals surface area contributed by atoms with Crippen LogP contribution in [0.3, 0.4) is 0 Å². The third-order valence-electron chi connectivity index (χ3n) is 5.29. The molecule has 0 spiro atoms. The van der Waals surface area contributed by atoms with Crippen molar-refractivity contribution >= 4 is 23.4 Å². The van der Waals surface area contributed by atoms with E-state index in [0.29, 0.717) is 12.5 Å². The zero-order valence-corrected chi connectivity index (χ0v) is 19.1. The Labute approximate surface area is 189 Å². The maximum Gasteiger partial charge on any atom is 0.234 e. The average Bonchev–Trinajstić information content (AvgIpc) is 3.18. The molecule has 0 fully saturated rings. The normalized spacial score (nSPS) is 11.8. The molecular formula is C25H30N4OS. The third-order valence-corrected chi connectivity index (χ3v) is 6.26. The van der Waals surface area contributed by atoms with E-state index < -0.39 is 0 Å². The summed E-state index contributed by atoms with van der Waals surface area (Å²) in [6, 6.07) is 18.4. The van der Waals surface area contributed by atoms with E-state index in [9.17, 15) is 4.79 Å². The van der Waals surface area contributed by atoms with Gasteiger partial charge in [-0.3, -0.25) is 4.79 Å². The van der Waals surface area contributed by atoms with Crippen molar-refractivity contribution in [1.29, 1.82) is 0 Å². The predicted octanol–water partition coefficient (Wildman–Crippen LogP) is 5.49. The van der Waals surface area contributed by atoms with Crippen LogP contribution in [0.1, 0.15) is 43.1 Å². The zero-order chi connectivity index (χ0) is 22.1. The first-order chi connectivity index (χ1) is 15.1. The van der Waals surface area contributed by atoms with Crippen LogP contribution in [-0.2, 0) is 24.2 Å². The molecule has 0 saturated carbocycles. The molecule has 0 bridgehead atoms. The first-order valence-electron chi connectivity index (χ1n) is 10.7. The van der Waals surface area contributed by atoms with Crippen LogP contribution in [0.5, 0.6) is 0 Å². The molecule has 3 aromatic rings. The van der Waals surface area contributed by atoms with Crippen molar-refractivity contribution < 1.29 is 4.79 Å². The van der Waals surface area contributed by atoms with E-state index in [2.05, 4.69) is 60.2 Å². The minimum absolute atomic E-state index is 0.0553. The van der Waals surface area contributed by atoms with E-state index in [1.54, 1.807) is 0 Å². The zero-order valence-electron chi connectivity index (χ0n) is 18.3. The van der Waals surface area contributed by atoms with Gasteiger partial charge in [-0.1, -0.05) is 74.1 Å². The summed E-state index contributed by atoms with van der Waals surface area (Å²) in [4.78, 5) is 12.4. The van der Waals surface area contributed by atoms with Gasteiger partial charge in [-0.2, -0.15) is 0 Å². The van der Waals surface area contributed by atoms with Crippen molar-refractivity contribution in [3.05, 3.63) is 84.2 Å². The van der Waals surface area contributed by atoms with Crippen LogP contribution in [0.25, 0.3) is 0 Å². The molecule has 1 atom stereocenters. The number of hydrogen-bond acceptors (Lipinski definition) is 4. The summed E-state index contributed by atoms with van der Waals surface area (Å²) < 4.78 is 2.04. The lowest BCUT2D eigenvalue weighted by molar-refractivity contribution is -0.113. The Balaban J connectivity index is 1.57. The molecule has 1 heterocycles. The summed E-state index contributed by atoms with van der Waals surface area (Å²) >= 11 is 1.40. The molecule has 0 aliphatic heterocycles. The minimum Gasteiger partial charge on any atom is -0.325 e. The number of thioether (sulfide) groups is 1. The number of allylic oxidation sites excluding steroid dienone is 1. The van der Waals surface area contributed by atoms with Crippen molar-refractivity contribution in [2.45, 2.75) is 50.7 Å². The van der Waals surface area contributed by atoms with E-state index >= 15 is 0 Å². The van der Waals surface area contributed by atoms with Gasteiger partial charge in [0, 0.05) is 18.7 Å². The SMILES string of the molecule is C=CCn1c(CCc2ccccc2)nnc1SCC(=O)Nc1ccc([C@@H](C)CC)cc1. The second kappa shape index (κ2) is 11.5. The Morgan fingerprint density at radius 3 is 2.55 bits per heavy atom. The van der Waals surface area contributed by atoms with Gasteiger partial charge < -0.3 is 9.88 Å². The van der Waals surface area contributed by atoms with Crippen molar-refractivity contribution in [3.63, 3.8) is 0 Å². The molecule has 6 heteroatoms. The smallest absolute Gasteiger partial charge is 0.234 e. The van der Waals surface area contributed by atoms with E-state index in [0.717, 1.165) is 35.9 Å². The average molecular weight is 435 g/mol. The molecule has 1 amide bonds. The fourth-order valence-corrected chi connectivity index (χ4v) is 4.05. The highest BCUT2D eigenvalue weighted by atomic mass is 32.2. The second-order valence-electron chi connectivity index (χ2n) is 7.55. The quantitative estimate of drug-likeness (QED) is 0.320. The third kappa shape index (κ3) is 6.56. The van der Waals surface area contributed by atoms with Gasteiger partial charge in [0.25, 0.3) is 0 Å².